The minimum atomic E-state index is -1.01. The number of hydrogen-bond donors (Lipinski definition) is 2. The number of hydrogen-bond acceptors (Lipinski definition) is 7. The van der Waals surface area contributed by atoms with Gasteiger partial charge in [-0.1, -0.05) is 26.2 Å². The summed E-state index contributed by atoms with van der Waals surface area (Å²) in [6.07, 6.45) is 3.73. The number of terminal acetylenes is 1. The minimum absolute atomic E-state index is 0.0698. The van der Waals surface area contributed by atoms with Gasteiger partial charge in [0, 0.05) is 20.3 Å². The molecule has 0 spiro atoms. The number of esters is 1. The molecule has 11 nitrogen and oxygen atoms in total. The Bertz CT molecular complexity index is 851. The standard InChI is InChI=1S/C20H27N5O6/c1-6-8-24-15-16(22-19(21-11(4)26)23-17(15)28)25(20(24)29)18-14(30-12(5)27)9-13(31-18)10(3)7-2/h1,10,13-16,18H,7-9H2,2-5H3,(H2,21,22,23,26,28)/t10-,13-,14+,15?,16?,18+/m0/s1. The van der Waals surface area contributed by atoms with Crippen LogP contribution in [0.25, 0.3) is 0 Å². The summed E-state index contributed by atoms with van der Waals surface area (Å²) in [5.74, 6) is 1.00. The molecule has 4 amide bonds. The van der Waals surface area contributed by atoms with Crippen LogP contribution in [-0.2, 0) is 23.9 Å². The van der Waals surface area contributed by atoms with Gasteiger partial charge in [0.2, 0.25) is 11.9 Å². The molecule has 0 aliphatic carbocycles. The minimum Gasteiger partial charge on any atom is -0.458 e. The number of carbonyl (C=O) groups excluding carboxylic acids is 4. The molecular weight excluding hydrogens is 406 g/mol. The summed E-state index contributed by atoms with van der Waals surface area (Å²) < 4.78 is 11.6. The molecule has 3 heterocycles. The van der Waals surface area contributed by atoms with E-state index in [0.29, 0.717) is 6.42 Å². The number of fused-ring (bicyclic) bond motifs is 1. The summed E-state index contributed by atoms with van der Waals surface area (Å²) in [7, 11) is 0. The Labute approximate surface area is 180 Å². The summed E-state index contributed by atoms with van der Waals surface area (Å²) in [5.41, 5.74) is 0. The van der Waals surface area contributed by atoms with Crippen molar-refractivity contribution in [2.45, 2.75) is 71.2 Å². The lowest BCUT2D eigenvalue weighted by Gasteiger charge is -2.33. The summed E-state index contributed by atoms with van der Waals surface area (Å²) in [4.78, 5) is 56.1. The molecule has 168 valence electrons. The molecule has 0 aromatic carbocycles. The van der Waals surface area contributed by atoms with Crippen molar-refractivity contribution in [1.29, 1.82) is 0 Å². The number of nitrogens with one attached hydrogen (secondary N) is 2. The van der Waals surface area contributed by atoms with Gasteiger partial charge in [-0.2, -0.15) is 0 Å². The third-order valence-electron chi connectivity index (χ3n) is 5.66. The van der Waals surface area contributed by atoms with Crippen LogP contribution in [0.1, 0.15) is 40.5 Å². The average molecular weight is 433 g/mol. The lowest BCUT2D eigenvalue weighted by molar-refractivity contribution is -0.156. The van der Waals surface area contributed by atoms with Gasteiger partial charge in [-0.05, 0) is 5.92 Å². The molecular formula is C20H27N5O6. The van der Waals surface area contributed by atoms with E-state index in [1.165, 1.54) is 23.6 Å². The predicted molar refractivity (Wildman–Crippen MR) is 108 cm³/mol. The molecule has 0 aromatic heterocycles. The SMILES string of the molecule is C#CCN1C(=O)N([C@@H]2O[C@H]([C@@H](C)CC)C[C@H]2OC(C)=O)C2N=C(NC(C)=O)NC(=O)C21. The molecule has 2 saturated heterocycles. The van der Waals surface area contributed by atoms with Gasteiger partial charge in [-0.15, -0.1) is 6.42 Å². The maximum absolute atomic E-state index is 13.3. The Morgan fingerprint density at radius 3 is 2.71 bits per heavy atom. The van der Waals surface area contributed by atoms with Crippen LogP contribution in [-0.4, -0.2) is 76.8 Å². The molecule has 2 fully saturated rings. The highest BCUT2D eigenvalue weighted by Crippen LogP contribution is 2.37. The molecule has 3 aliphatic rings. The maximum Gasteiger partial charge on any atom is 0.325 e. The smallest absolute Gasteiger partial charge is 0.325 e. The summed E-state index contributed by atoms with van der Waals surface area (Å²) in [6, 6.07) is -1.56. The van der Waals surface area contributed by atoms with Gasteiger partial charge >= 0.3 is 12.0 Å². The van der Waals surface area contributed by atoms with Crippen LogP contribution in [0.5, 0.6) is 0 Å². The molecule has 6 atom stereocenters. The van der Waals surface area contributed by atoms with Crippen LogP contribution in [0.3, 0.4) is 0 Å². The van der Waals surface area contributed by atoms with Gasteiger partial charge in [0.15, 0.2) is 18.4 Å². The number of amides is 4. The second-order valence-electron chi connectivity index (χ2n) is 7.86. The van der Waals surface area contributed by atoms with Crippen molar-refractivity contribution >= 4 is 29.8 Å². The maximum atomic E-state index is 13.3. The normalized spacial score (nSPS) is 30.8. The van der Waals surface area contributed by atoms with Gasteiger partial charge in [-0.3, -0.25) is 34.8 Å². The van der Waals surface area contributed by atoms with Gasteiger partial charge in [0.25, 0.3) is 5.91 Å². The van der Waals surface area contributed by atoms with Crippen LogP contribution in [0.4, 0.5) is 4.79 Å². The number of rotatable bonds is 5. The van der Waals surface area contributed by atoms with Crippen molar-refractivity contribution < 1.29 is 28.7 Å². The molecule has 3 rings (SSSR count). The highest BCUT2D eigenvalue weighted by atomic mass is 16.6. The highest BCUT2D eigenvalue weighted by molar-refractivity contribution is 6.08. The van der Waals surface area contributed by atoms with Crippen LogP contribution < -0.4 is 10.6 Å². The monoisotopic (exact) mass is 433 g/mol. The summed E-state index contributed by atoms with van der Waals surface area (Å²) in [6.45, 7) is 6.47. The van der Waals surface area contributed by atoms with Crippen molar-refractivity contribution in [1.82, 2.24) is 20.4 Å². The zero-order chi connectivity index (χ0) is 22.9. The van der Waals surface area contributed by atoms with Gasteiger partial charge in [-0.25, -0.2) is 9.79 Å². The van der Waals surface area contributed by atoms with Gasteiger partial charge < -0.3 is 9.47 Å². The molecule has 0 saturated carbocycles. The Hall–Kier alpha value is -3.13. The molecule has 2 unspecified atom stereocenters. The van der Waals surface area contributed by atoms with E-state index in [9.17, 15) is 19.2 Å². The predicted octanol–water partition coefficient (Wildman–Crippen LogP) is -0.233. The largest absolute Gasteiger partial charge is 0.458 e. The average Bonchev–Trinajstić information content (AvgIpc) is 3.19. The Morgan fingerprint density at radius 1 is 1.42 bits per heavy atom. The zero-order valence-corrected chi connectivity index (χ0v) is 18.0. The third kappa shape index (κ3) is 4.34. The lowest BCUT2D eigenvalue weighted by Crippen LogP contribution is -2.59. The first-order valence-electron chi connectivity index (χ1n) is 10.2. The topological polar surface area (TPSA) is 130 Å². The number of urea groups is 1. The van der Waals surface area contributed by atoms with E-state index >= 15 is 0 Å². The van der Waals surface area contributed by atoms with E-state index in [4.69, 9.17) is 15.9 Å². The number of ether oxygens (including phenoxy) is 2. The van der Waals surface area contributed by atoms with Gasteiger partial charge in [0.1, 0.15) is 6.10 Å². The van der Waals surface area contributed by atoms with Crippen molar-refractivity contribution in [2.75, 3.05) is 6.54 Å². The first-order chi connectivity index (χ1) is 14.7. The second kappa shape index (κ2) is 8.93. The quantitative estimate of drug-likeness (QED) is 0.455. The fourth-order valence-electron chi connectivity index (χ4n) is 4.07. The molecule has 0 aromatic rings. The number of aliphatic imine (C=N–C) groups is 1. The Kier molecular flexibility index (Phi) is 6.50. The summed E-state index contributed by atoms with van der Waals surface area (Å²) >= 11 is 0. The number of guanidine groups is 1. The van der Waals surface area contributed by atoms with Crippen LogP contribution >= 0.6 is 0 Å². The van der Waals surface area contributed by atoms with Crippen molar-refractivity contribution in [3.05, 3.63) is 0 Å². The van der Waals surface area contributed by atoms with Crippen LogP contribution in [0.2, 0.25) is 0 Å². The van der Waals surface area contributed by atoms with E-state index < -0.39 is 48.4 Å². The highest BCUT2D eigenvalue weighted by Gasteiger charge is 2.58. The van der Waals surface area contributed by atoms with Gasteiger partial charge in [0.05, 0.1) is 12.6 Å². The number of carbonyl (C=O) groups is 4. The van der Waals surface area contributed by atoms with Crippen LogP contribution in [0, 0.1) is 18.3 Å². The van der Waals surface area contributed by atoms with E-state index in [1.54, 1.807) is 0 Å². The molecule has 11 heteroatoms. The van der Waals surface area contributed by atoms with Crippen molar-refractivity contribution in [3.63, 3.8) is 0 Å². The molecule has 0 radical (unpaired) electrons. The fourth-order valence-corrected chi connectivity index (χ4v) is 4.07. The van der Waals surface area contributed by atoms with E-state index in [0.717, 1.165) is 6.42 Å². The molecule has 0 bridgehead atoms. The van der Waals surface area contributed by atoms with E-state index in [1.807, 2.05) is 13.8 Å². The van der Waals surface area contributed by atoms with E-state index in [2.05, 4.69) is 21.5 Å². The zero-order valence-electron chi connectivity index (χ0n) is 18.0. The summed E-state index contributed by atoms with van der Waals surface area (Å²) in [5, 5.41) is 4.92. The Morgan fingerprint density at radius 2 is 2.13 bits per heavy atom. The van der Waals surface area contributed by atoms with Crippen LogP contribution in [0.15, 0.2) is 4.99 Å². The first kappa shape index (κ1) is 22.6. The van der Waals surface area contributed by atoms with E-state index in [-0.39, 0.29) is 24.5 Å². The lowest BCUT2D eigenvalue weighted by atomic mass is 9.98. The molecule has 3 aliphatic heterocycles. The Balaban J connectivity index is 2.00. The second-order valence-corrected chi connectivity index (χ2v) is 7.86. The first-order valence-corrected chi connectivity index (χ1v) is 10.2. The molecule has 2 N–H and O–H groups in total. The van der Waals surface area contributed by atoms with Crippen molar-refractivity contribution in [3.8, 4) is 12.3 Å². The molecule has 31 heavy (non-hydrogen) atoms. The third-order valence-corrected chi connectivity index (χ3v) is 5.66. The number of nitrogens with zero attached hydrogens (tertiary/aromatic N) is 3. The fraction of sp³-hybridized carbons (Fsp3) is 0.650. The van der Waals surface area contributed by atoms with Crippen molar-refractivity contribution in [2.24, 2.45) is 10.9 Å².